The molecule has 114 valence electrons. The van der Waals surface area contributed by atoms with Crippen LogP contribution < -0.4 is 5.32 Å². The van der Waals surface area contributed by atoms with Gasteiger partial charge in [-0.15, -0.1) is 0 Å². The van der Waals surface area contributed by atoms with Gasteiger partial charge in [-0.2, -0.15) is 0 Å². The molecular weight excluding hydrogens is 310 g/mol. The standard InChI is InChI=1S/C14H18ClN3O2S/c1-2-10-5-3-4-8-17(10)14(21)16-13-9-11(18(19)20)6-7-12(13)15/h6-7,9-10H,2-5,8H2,1H3,(H,16,21)/t10-/m1/s1. The Labute approximate surface area is 134 Å². The molecule has 1 aromatic rings. The number of likely N-dealkylation sites (tertiary alicyclic amines) is 1. The highest BCUT2D eigenvalue weighted by Gasteiger charge is 2.23. The molecule has 1 atom stereocenters. The van der Waals surface area contributed by atoms with Crippen molar-refractivity contribution >= 4 is 40.3 Å². The van der Waals surface area contributed by atoms with Crippen molar-refractivity contribution in [2.75, 3.05) is 11.9 Å². The summed E-state index contributed by atoms with van der Waals surface area (Å²) in [5.41, 5.74) is 0.478. The number of hydrogen-bond acceptors (Lipinski definition) is 3. The van der Waals surface area contributed by atoms with E-state index in [0.29, 0.717) is 21.9 Å². The maximum absolute atomic E-state index is 10.8. The highest BCUT2D eigenvalue weighted by atomic mass is 35.5. The van der Waals surface area contributed by atoms with Gasteiger partial charge in [0.25, 0.3) is 5.69 Å². The number of nitro benzene ring substituents is 1. The van der Waals surface area contributed by atoms with Crippen molar-refractivity contribution < 1.29 is 4.92 Å². The van der Waals surface area contributed by atoms with E-state index in [-0.39, 0.29) is 5.69 Å². The van der Waals surface area contributed by atoms with Crippen LogP contribution in [-0.2, 0) is 0 Å². The van der Waals surface area contributed by atoms with E-state index in [2.05, 4.69) is 17.1 Å². The third-order valence-corrected chi connectivity index (χ3v) is 4.43. The second-order valence-corrected chi connectivity index (χ2v) is 5.90. The molecule has 1 aromatic carbocycles. The number of non-ortho nitro benzene ring substituents is 1. The Morgan fingerprint density at radius 1 is 1.57 bits per heavy atom. The summed E-state index contributed by atoms with van der Waals surface area (Å²) in [6.07, 6.45) is 4.49. The number of halogens is 1. The highest BCUT2D eigenvalue weighted by molar-refractivity contribution is 7.80. The predicted molar refractivity (Wildman–Crippen MR) is 89.0 cm³/mol. The van der Waals surface area contributed by atoms with Crippen molar-refractivity contribution in [3.8, 4) is 0 Å². The van der Waals surface area contributed by atoms with Crippen LogP contribution in [0.25, 0.3) is 0 Å². The third-order valence-electron chi connectivity index (χ3n) is 3.76. The van der Waals surface area contributed by atoms with Crippen LogP contribution in [0.2, 0.25) is 5.02 Å². The molecular formula is C14H18ClN3O2S. The van der Waals surface area contributed by atoms with Crippen molar-refractivity contribution in [2.45, 2.75) is 38.6 Å². The Bertz CT molecular complexity index is 553. The second kappa shape index (κ2) is 7.04. The minimum Gasteiger partial charge on any atom is -0.346 e. The molecule has 0 spiro atoms. The van der Waals surface area contributed by atoms with Gasteiger partial charge < -0.3 is 10.2 Å². The molecule has 0 unspecified atom stereocenters. The number of anilines is 1. The van der Waals surface area contributed by atoms with Crippen LogP contribution in [0.15, 0.2) is 18.2 Å². The van der Waals surface area contributed by atoms with Gasteiger partial charge in [0, 0.05) is 24.7 Å². The van der Waals surface area contributed by atoms with E-state index in [0.717, 1.165) is 25.8 Å². The van der Waals surface area contributed by atoms with E-state index in [1.165, 1.54) is 24.6 Å². The average molecular weight is 328 g/mol. The number of rotatable bonds is 3. The smallest absolute Gasteiger partial charge is 0.271 e. The van der Waals surface area contributed by atoms with Crippen molar-refractivity contribution in [3.05, 3.63) is 33.3 Å². The van der Waals surface area contributed by atoms with E-state index in [9.17, 15) is 10.1 Å². The average Bonchev–Trinajstić information content (AvgIpc) is 2.49. The number of benzene rings is 1. The van der Waals surface area contributed by atoms with E-state index < -0.39 is 4.92 Å². The molecule has 0 bridgehead atoms. The van der Waals surface area contributed by atoms with Crippen LogP contribution in [0.5, 0.6) is 0 Å². The summed E-state index contributed by atoms with van der Waals surface area (Å²) >= 11 is 11.5. The predicted octanol–water partition coefficient (Wildman–Crippen LogP) is 4.21. The Morgan fingerprint density at radius 2 is 2.33 bits per heavy atom. The molecule has 2 rings (SSSR count). The highest BCUT2D eigenvalue weighted by Crippen LogP contribution is 2.28. The summed E-state index contributed by atoms with van der Waals surface area (Å²) in [6, 6.07) is 4.74. The first-order chi connectivity index (χ1) is 10.0. The molecule has 0 saturated carbocycles. The summed E-state index contributed by atoms with van der Waals surface area (Å²) in [4.78, 5) is 12.6. The first-order valence-electron chi connectivity index (χ1n) is 7.04. The number of nitrogens with zero attached hydrogens (tertiary/aromatic N) is 2. The Balaban J connectivity index is 2.15. The fourth-order valence-electron chi connectivity index (χ4n) is 2.60. The zero-order chi connectivity index (χ0) is 15.4. The first kappa shape index (κ1) is 16.0. The van der Waals surface area contributed by atoms with Gasteiger partial charge in [-0.25, -0.2) is 0 Å². The molecule has 1 heterocycles. The molecule has 7 heteroatoms. The second-order valence-electron chi connectivity index (χ2n) is 5.10. The summed E-state index contributed by atoms with van der Waals surface area (Å²) < 4.78 is 0. The molecule has 1 aliphatic rings. The number of hydrogen-bond donors (Lipinski definition) is 1. The van der Waals surface area contributed by atoms with Crippen molar-refractivity contribution in [1.29, 1.82) is 0 Å². The van der Waals surface area contributed by atoms with Gasteiger partial charge in [-0.1, -0.05) is 18.5 Å². The van der Waals surface area contributed by atoms with Crippen molar-refractivity contribution in [1.82, 2.24) is 4.90 Å². The van der Waals surface area contributed by atoms with Gasteiger partial charge in [0.05, 0.1) is 15.6 Å². The van der Waals surface area contributed by atoms with Gasteiger partial charge in [-0.05, 0) is 44.0 Å². The lowest BCUT2D eigenvalue weighted by molar-refractivity contribution is -0.384. The molecule has 0 amide bonds. The minimum atomic E-state index is -0.444. The molecule has 1 saturated heterocycles. The monoisotopic (exact) mass is 327 g/mol. The number of nitrogens with one attached hydrogen (secondary N) is 1. The third kappa shape index (κ3) is 3.83. The maximum Gasteiger partial charge on any atom is 0.271 e. The molecule has 21 heavy (non-hydrogen) atoms. The molecule has 0 radical (unpaired) electrons. The van der Waals surface area contributed by atoms with E-state index >= 15 is 0 Å². The lowest BCUT2D eigenvalue weighted by Gasteiger charge is -2.37. The van der Waals surface area contributed by atoms with Gasteiger partial charge in [-0.3, -0.25) is 10.1 Å². The zero-order valence-electron chi connectivity index (χ0n) is 11.8. The lowest BCUT2D eigenvalue weighted by atomic mass is 10.0. The largest absolute Gasteiger partial charge is 0.346 e. The molecule has 1 aliphatic heterocycles. The van der Waals surface area contributed by atoms with Gasteiger partial charge in [0.2, 0.25) is 0 Å². The summed E-state index contributed by atoms with van der Waals surface area (Å²) in [7, 11) is 0. The fourth-order valence-corrected chi connectivity index (χ4v) is 3.12. The van der Waals surface area contributed by atoms with Crippen LogP contribution in [-0.4, -0.2) is 27.5 Å². The Kier molecular flexibility index (Phi) is 5.36. The van der Waals surface area contributed by atoms with Crippen molar-refractivity contribution in [2.24, 2.45) is 0 Å². The normalized spacial score (nSPS) is 18.4. The molecule has 0 aliphatic carbocycles. The quantitative estimate of drug-likeness (QED) is 0.512. The minimum absolute atomic E-state index is 0.00427. The summed E-state index contributed by atoms with van der Waals surface area (Å²) in [5.74, 6) is 0. The SMILES string of the molecule is CC[C@@H]1CCCCN1C(=S)Nc1cc([N+](=O)[O-])ccc1Cl. The van der Waals surface area contributed by atoms with E-state index in [1.807, 2.05) is 0 Å². The fraction of sp³-hybridized carbons (Fsp3) is 0.500. The number of piperidine rings is 1. The van der Waals surface area contributed by atoms with Crippen LogP contribution in [0, 0.1) is 10.1 Å². The topological polar surface area (TPSA) is 58.4 Å². The van der Waals surface area contributed by atoms with Gasteiger partial charge in [0.1, 0.15) is 0 Å². The molecule has 0 aromatic heterocycles. The summed E-state index contributed by atoms with van der Waals surface area (Å²) in [5, 5.41) is 14.9. The summed E-state index contributed by atoms with van der Waals surface area (Å²) in [6.45, 7) is 3.06. The zero-order valence-corrected chi connectivity index (χ0v) is 13.4. The van der Waals surface area contributed by atoms with Crippen LogP contribution >= 0.6 is 23.8 Å². The molecule has 5 nitrogen and oxygen atoms in total. The van der Waals surface area contributed by atoms with Crippen molar-refractivity contribution in [3.63, 3.8) is 0 Å². The first-order valence-corrected chi connectivity index (χ1v) is 7.83. The van der Waals surface area contributed by atoms with E-state index in [4.69, 9.17) is 23.8 Å². The molecule has 1 N–H and O–H groups in total. The van der Waals surface area contributed by atoms with Gasteiger partial charge in [0.15, 0.2) is 5.11 Å². The number of nitro groups is 1. The number of thiocarbonyl (C=S) groups is 1. The Morgan fingerprint density at radius 3 is 3.00 bits per heavy atom. The van der Waals surface area contributed by atoms with E-state index in [1.54, 1.807) is 0 Å². The van der Waals surface area contributed by atoms with Crippen LogP contribution in [0.1, 0.15) is 32.6 Å². The molecule has 1 fully saturated rings. The Hall–Kier alpha value is -1.40. The van der Waals surface area contributed by atoms with Crippen LogP contribution in [0.4, 0.5) is 11.4 Å². The maximum atomic E-state index is 10.8. The van der Waals surface area contributed by atoms with Crippen LogP contribution in [0.3, 0.4) is 0 Å². The lowest BCUT2D eigenvalue weighted by Crippen LogP contribution is -2.45. The van der Waals surface area contributed by atoms with Gasteiger partial charge >= 0.3 is 0 Å².